The second kappa shape index (κ2) is 7.83. The number of fused-ring (bicyclic) bond motifs is 1. The van der Waals surface area contributed by atoms with E-state index in [0.717, 1.165) is 37.1 Å². The first-order valence-electron chi connectivity index (χ1n) is 9.30. The Kier molecular flexibility index (Phi) is 5.11. The molecule has 0 bridgehead atoms. The van der Waals surface area contributed by atoms with Crippen molar-refractivity contribution < 1.29 is 9.53 Å². The molecule has 0 spiro atoms. The predicted octanol–water partition coefficient (Wildman–Crippen LogP) is 2.41. The van der Waals surface area contributed by atoms with Crippen LogP contribution in [0.3, 0.4) is 0 Å². The highest BCUT2D eigenvalue weighted by Gasteiger charge is 2.26. The van der Waals surface area contributed by atoms with Gasteiger partial charge in [-0.3, -0.25) is 14.5 Å². The Morgan fingerprint density at radius 1 is 1.35 bits per heavy atom. The van der Waals surface area contributed by atoms with Crippen LogP contribution in [0.4, 0.5) is 0 Å². The fourth-order valence-corrected chi connectivity index (χ4v) is 3.59. The number of carbonyl (C=O) groups is 1. The summed E-state index contributed by atoms with van der Waals surface area (Å²) in [6.07, 6.45) is 11.5. The fourth-order valence-electron chi connectivity index (χ4n) is 3.59. The van der Waals surface area contributed by atoms with Crippen molar-refractivity contribution in [3.63, 3.8) is 0 Å². The van der Waals surface area contributed by atoms with Gasteiger partial charge in [0.1, 0.15) is 6.10 Å². The number of hydrogen-bond acceptors (Lipinski definition) is 4. The minimum Gasteiger partial charge on any atom is -0.370 e. The second-order valence-corrected chi connectivity index (χ2v) is 6.89. The highest BCUT2D eigenvalue weighted by molar-refractivity contribution is 5.79. The van der Waals surface area contributed by atoms with Crippen LogP contribution in [-0.2, 0) is 22.5 Å². The van der Waals surface area contributed by atoms with Crippen molar-refractivity contribution in [1.82, 2.24) is 20.1 Å². The molecule has 0 saturated heterocycles. The summed E-state index contributed by atoms with van der Waals surface area (Å²) in [5.74, 6) is 0.211. The van der Waals surface area contributed by atoms with Crippen LogP contribution < -0.4 is 5.32 Å². The zero-order valence-corrected chi connectivity index (χ0v) is 14.8. The van der Waals surface area contributed by atoms with Crippen LogP contribution in [-0.4, -0.2) is 33.8 Å². The van der Waals surface area contributed by atoms with E-state index in [-0.39, 0.29) is 17.9 Å². The van der Waals surface area contributed by atoms with Crippen molar-refractivity contribution >= 4 is 5.91 Å². The highest BCUT2D eigenvalue weighted by atomic mass is 16.5. The lowest BCUT2D eigenvalue weighted by atomic mass is 9.93. The zero-order chi connectivity index (χ0) is 17.8. The summed E-state index contributed by atoms with van der Waals surface area (Å²) < 4.78 is 7.80. The summed E-state index contributed by atoms with van der Waals surface area (Å²) in [5.41, 5.74) is 3.12. The monoisotopic (exact) mass is 352 g/mol. The van der Waals surface area contributed by atoms with Crippen LogP contribution in [0.1, 0.15) is 42.3 Å². The molecule has 1 N–H and O–H groups in total. The number of allylic oxidation sites excluding steroid dienone is 2. The average Bonchev–Trinajstić information content (AvgIpc) is 3.10. The molecule has 0 fully saturated rings. The summed E-state index contributed by atoms with van der Waals surface area (Å²) in [4.78, 5) is 16.7. The Balaban J connectivity index is 1.40. The van der Waals surface area contributed by atoms with Gasteiger partial charge in [-0.1, -0.05) is 18.2 Å². The van der Waals surface area contributed by atoms with E-state index in [4.69, 9.17) is 9.84 Å². The van der Waals surface area contributed by atoms with E-state index < -0.39 is 0 Å². The first-order valence-corrected chi connectivity index (χ1v) is 9.30. The largest absolute Gasteiger partial charge is 0.370 e. The van der Waals surface area contributed by atoms with Gasteiger partial charge in [-0.05, 0) is 43.4 Å². The van der Waals surface area contributed by atoms with Gasteiger partial charge in [-0.15, -0.1) is 0 Å². The molecule has 1 amide bonds. The molecular formula is C20H24N4O2. The molecule has 0 aromatic carbocycles. The van der Waals surface area contributed by atoms with E-state index in [1.807, 2.05) is 22.9 Å². The van der Waals surface area contributed by atoms with Gasteiger partial charge in [0.15, 0.2) is 0 Å². The number of ether oxygens (including phenoxy) is 1. The number of nitrogens with one attached hydrogen (secondary N) is 1. The summed E-state index contributed by atoms with van der Waals surface area (Å²) >= 11 is 0. The molecule has 1 aliphatic carbocycles. The van der Waals surface area contributed by atoms with E-state index in [0.29, 0.717) is 19.7 Å². The van der Waals surface area contributed by atoms with Crippen molar-refractivity contribution in [1.29, 1.82) is 0 Å². The number of hydrogen-bond donors (Lipinski definition) is 1. The van der Waals surface area contributed by atoms with E-state index in [1.165, 1.54) is 5.56 Å². The highest BCUT2D eigenvalue weighted by Crippen LogP contribution is 2.26. The predicted molar refractivity (Wildman–Crippen MR) is 97.5 cm³/mol. The Morgan fingerprint density at radius 2 is 2.31 bits per heavy atom. The Hall–Kier alpha value is -2.47. The van der Waals surface area contributed by atoms with Gasteiger partial charge < -0.3 is 10.1 Å². The molecule has 2 aromatic rings. The summed E-state index contributed by atoms with van der Waals surface area (Å²) in [6.45, 7) is 1.78. The van der Waals surface area contributed by atoms with Crippen molar-refractivity contribution in [3.8, 4) is 0 Å². The third-order valence-corrected chi connectivity index (χ3v) is 5.02. The third kappa shape index (κ3) is 3.85. The van der Waals surface area contributed by atoms with Crippen LogP contribution in [0.5, 0.6) is 0 Å². The van der Waals surface area contributed by atoms with E-state index >= 15 is 0 Å². The average molecular weight is 352 g/mol. The van der Waals surface area contributed by atoms with Crippen LogP contribution in [0.25, 0.3) is 0 Å². The van der Waals surface area contributed by atoms with Crippen LogP contribution in [0, 0.1) is 5.92 Å². The molecule has 4 rings (SSSR count). The summed E-state index contributed by atoms with van der Waals surface area (Å²) in [5, 5.41) is 7.77. The van der Waals surface area contributed by atoms with Crippen LogP contribution >= 0.6 is 0 Å². The fraction of sp³-hybridized carbons (Fsp3) is 0.450. The number of pyridine rings is 1. The molecule has 0 saturated carbocycles. The Labute approximate surface area is 153 Å². The van der Waals surface area contributed by atoms with Gasteiger partial charge >= 0.3 is 0 Å². The quantitative estimate of drug-likeness (QED) is 0.839. The molecule has 0 radical (unpaired) electrons. The lowest BCUT2D eigenvalue weighted by Gasteiger charge is -2.24. The number of rotatable bonds is 5. The first kappa shape index (κ1) is 17.0. The van der Waals surface area contributed by atoms with Crippen molar-refractivity contribution in [2.75, 3.05) is 13.2 Å². The van der Waals surface area contributed by atoms with Gasteiger partial charge in [0, 0.05) is 24.9 Å². The molecule has 2 aliphatic rings. The van der Waals surface area contributed by atoms with Crippen LogP contribution in [0.15, 0.2) is 42.7 Å². The lowest BCUT2D eigenvalue weighted by Crippen LogP contribution is -2.36. The molecule has 6 heteroatoms. The van der Waals surface area contributed by atoms with E-state index in [1.54, 1.807) is 6.20 Å². The molecule has 2 atom stereocenters. The Morgan fingerprint density at radius 3 is 3.12 bits per heavy atom. The lowest BCUT2D eigenvalue weighted by molar-refractivity contribution is -0.126. The maximum Gasteiger partial charge on any atom is 0.223 e. The van der Waals surface area contributed by atoms with E-state index in [2.05, 4.69) is 28.6 Å². The molecule has 136 valence electrons. The molecule has 6 nitrogen and oxygen atoms in total. The maximum atomic E-state index is 12.4. The first-order chi connectivity index (χ1) is 12.8. The smallest absolute Gasteiger partial charge is 0.223 e. The molecule has 26 heavy (non-hydrogen) atoms. The number of carbonyl (C=O) groups excluding carboxylic acids is 1. The van der Waals surface area contributed by atoms with Gasteiger partial charge in [0.25, 0.3) is 0 Å². The third-order valence-electron chi connectivity index (χ3n) is 5.02. The van der Waals surface area contributed by atoms with E-state index in [9.17, 15) is 4.79 Å². The molecule has 3 heterocycles. The van der Waals surface area contributed by atoms with Crippen LogP contribution in [0.2, 0.25) is 0 Å². The normalized spacial score (nSPS) is 22.0. The summed E-state index contributed by atoms with van der Waals surface area (Å²) in [6, 6.07) is 5.88. The minimum atomic E-state index is -0.174. The Bertz CT molecular complexity index is 784. The van der Waals surface area contributed by atoms with Crippen molar-refractivity contribution in [2.45, 2.75) is 38.3 Å². The zero-order valence-electron chi connectivity index (χ0n) is 14.8. The number of nitrogens with zero attached hydrogens (tertiary/aromatic N) is 3. The van der Waals surface area contributed by atoms with Gasteiger partial charge in [0.2, 0.25) is 5.91 Å². The SMILES string of the molecule is O=C(NCC1OCCc2cn(Cc3ccccn3)nc21)C1CC=CCC1. The molecule has 2 aromatic heterocycles. The standard InChI is InChI=1S/C20H24N4O2/c25-20(15-6-2-1-3-7-15)22-12-18-19-16(9-11-26-18)13-24(23-19)14-17-8-4-5-10-21-17/h1-2,4-5,8,10,13,15,18H,3,6-7,9,11-12,14H2,(H,22,25). The van der Waals surface area contributed by atoms with Crippen molar-refractivity contribution in [3.05, 3.63) is 59.7 Å². The minimum absolute atomic E-state index is 0.0878. The van der Waals surface area contributed by atoms with Gasteiger partial charge in [-0.25, -0.2) is 0 Å². The number of aromatic nitrogens is 3. The topological polar surface area (TPSA) is 69.0 Å². The molecule has 1 aliphatic heterocycles. The summed E-state index contributed by atoms with van der Waals surface area (Å²) in [7, 11) is 0. The molecular weight excluding hydrogens is 328 g/mol. The van der Waals surface area contributed by atoms with Gasteiger partial charge in [-0.2, -0.15) is 5.10 Å². The second-order valence-electron chi connectivity index (χ2n) is 6.89. The van der Waals surface area contributed by atoms with Gasteiger partial charge in [0.05, 0.1) is 24.5 Å². The maximum absolute atomic E-state index is 12.4. The van der Waals surface area contributed by atoms with Crippen molar-refractivity contribution in [2.24, 2.45) is 5.92 Å². The number of amides is 1. The molecule has 2 unspecified atom stereocenters.